The maximum absolute atomic E-state index is 10.1. The van der Waals surface area contributed by atoms with E-state index >= 15 is 0 Å². The lowest BCUT2D eigenvalue weighted by atomic mass is 10.6. The summed E-state index contributed by atoms with van der Waals surface area (Å²) in [5, 5.41) is 8.34. The first-order valence-corrected chi connectivity index (χ1v) is 3.37. The van der Waals surface area contributed by atoms with Crippen LogP contribution < -0.4 is 0 Å². The highest BCUT2D eigenvalue weighted by atomic mass is 79.9. The molecule has 0 aliphatic heterocycles. The van der Waals surface area contributed by atoms with Gasteiger partial charge in [0.05, 0.1) is 12.5 Å². The van der Waals surface area contributed by atoms with Crippen molar-refractivity contribution < 1.29 is 9.90 Å². The number of carboxylic acid groups (broad SMARTS) is 1. The first-order valence-electron chi connectivity index (χ1n) is 2.57. The number of carboxylic acids is 1. The molecule has 0 aromatic carbocycles. The molecule has 0 aliphatic rings. The molecule has 0 saturated heterocycles. The predicted octanol–water partition coefficient (Wildman–Crippen LogP) is 0.730. The van der Waals surface area contributed by atoms with E-state index in [1.165, 1.54) is 10.9 Å². The summed E-state index contributed by atoms with van der Waals surface area (Å²) in [6, 6.07) is 0. The number of imidazole rings is 1. The van der Waals surface area contributed by atoms with Crippen LogP contribution in [0.15, 0.2) is 17.1 Å². The Kier molecular flexibility index (Phi) is 2.06. The van der Waals surface area contributed by atoms with Crippen LogP contribution in [0, 0.1) is 0 Å². The smallest absolute Gasteiger partial charge is 0.323 e. The number of halogens is 1. The highest BCUT2D eigenvalue weighted by Crippen LogP contribution is 2.06. The van der Waals surface area contributed by atoms with Crippen LogP contribution in [0.2, 0.25) is 0 Å². The molecule has 5 heteroatoms. The molecule has 0 amide bonds. The Balaban J connectivity index is 2.74. The maximum atomic E-state index is 10.1. The van der Waals surface area contributed by atoms with Gasteiger partial charge in [-0.15, -0.1) is 0 Å². The third-order valence-electron chi connectivity index (χ3n) is 0.967. The van der Waals surface area contributed by atoms with E-state index in [9.17, 15) is 4.79 Å². The Labute approximate surface area is 65.6 Å². The van der Waals surface area contributed by atoms with Gasteiger partial charge >= 0.3 is 5.97 Å². The van der Waals surface area contributed by atoms with Gasteiger partial charge in [-0.2, -0.15) is 0 Å². The van der Waals surface area contributed by atoms with Crippen molar-refractivity contribution in [2.45, 2.75) is 6.54 Å². The molecule has 4 nitrogen and oxygen atoms in total. The molecule has 10 heavy (non-hydrogen) atoms. The van der Waals surface area contributed by atoms with Crippen molar-refractivity contribution in [3.05, 3.63) is 17.1 Å². The first kappa shape index (κ1) is 7.27. The van der Waals surface area contributed by atoms with E-state index in [0.717, 1.165) is 0 Å². The topological polar surface area (TPSA) is 55.1 Å². The van der Waals surface area contributed by atoms with Crippen LogP contribution in [0.25, 0.3) is 0 Å². The predicted molar refractivity (Wildman–Crippen MR) is 37.6 cm³/mol. The fourth-order valence-electron chi connectivity index (χ4n) is 0.567. The minimum absolute atomic E-state index is 0.0550. The normalized spacial score (nSPS) is 9.70. The van der Waals surface area contributed by atoms with Crippen molar-refractivity contribution >= 4 is 21.9 Å². The summed E-state index contributed by atoms with van der Waals surface area (Å²) >= 11 is 3.13. The van der Waals surface area contributed by atoms with Crippen LogP contribution in [-0.2, 0) is 11.3 Å². The fourth-order valence-corrected chi connectivity index (χ4v) is 0.902. The highest BCUT2D eigenvalue weighted by Gasteiger charge is 2.01. The van der Waals surface area contributed by atoms with Gasteiger partial charge in [-0.25, -0.2) is 4.98 Å². The number of aliphatic carboxylic acids is 1. The molecule has 1 heterocycles. The highest BCUT2D eigenvalue weighted by molar-refractivity contribution is 9.10. The Morgan fingerprint density at radius 3 is 3.00 bits per heavy atom. The van der Waals surface area contributed by atoms with Crippen molar-refractivity contribution in [2.24, 2.45) is 0 Å². The second-order valence-corrected chi connectivity index (χ2v) is 2.55. The molecule has 0 aliphatic carbocycles. The second-order valence-electron chi connectivity index (χ2n) is 1.74. The van der Waals surface area contributed by atoms with Gasteiger partial charge in [0.2, 0.25) is 0 Å². The largest absolute Gasteiger partial charge is 0.480 e. The Hall–Kier alpha value is -0.840. The van der Waals surface area contributed by atoms with Gasteiger partial charge in [-0.1, -0.05) is 0 Å². The fraction of sp³-hybridized carbons (Fsp3) is 0.200. The standard InChI is InChI=1S/C5H5BrN2O2/c6-4-1-7-3-8(4)2-5(9)10/h1,3H,2H2,(H,9,10). The Morgan fingerprint density at radius 1 is 1.90 bits per heavy atom. The quantitative estimate of drug-likeness (QED) is 0.774. The van der Waals surface area contributed by atoms with Gasteiger partial charge in [0.1, 0.15) is 11.1 Å². The van der Waals surface area contributed by atoms with Crippen LogP contribution >= 0.6 is 15.9 Å². The van der Waals surface area contributed by atoms with Crippen molar-refractivity contribution in [2.75, 3.05) is 0 Å². The zero-order valence-corrected chi connectivity index (χ0v) is 6.58. The Bertz CT molecular complexity index is 246. The molecule has 0 unspecified atom stereocenters. The van der Waals surface area contributed by atoms with Crippen molar-refractivity contribution in [3.8, 4) is 0 Å². The van der Waals surface area contributed by atoms with E-state index in [1.54, 1.807) is 6.20 Å². The summed E-state index contributed by atoms with van der Waals surface area (Å²) in [5.41, 5.74) is 0. The first-order chi connectivity index (χ1) is 4.70. The van der Waals surface area contributed by atoms with Gasteiger partial charge in [-0.3, -0.25) is 4.79 Å². The number of rotatable bonds is 2. The summed E-state index contributed by atoms with van der Waals surface area (Å²) < 4.78 is 2.16. The lowest BCUT2D eigenvalue weighted by Crippen LogP contribution is -2.07. The van der Waals surface area contributed by atoms with Gasteiger partial charge < -0.3 is 9.67 Å². The average Bonchev–Trinajstić information content (AvgIpc) is 2.15. The maximum Gasteiger partial charge on any atom is 0.323 e. The minimum Gasteiger partial charge on any atom is -0.480 e. The third-order valence-corrected chi connectivity index (χ3v) is 1.63. The lowest BCUT2D eigenvalue weighted by molar-refractivity contribution is -0.137. The molecular weight excluding hydrogens is 200 g/mol. The zero-order chi connectivity index (χ0) is 7.56. The Morgan fingerprint density at radius 2 is 2.60 bits per heavy atom. The summed E-state index contributed by atoms with van der Waals surface area (Å²) in [6.45, 7) is -0.0550. The number of carbonyl (C=O) groups is 1. The number of hydrogen-bond acceptors (Lipinski definition) is 2. The molecule has 1 rings (SSSR count). The number of nitrogens with zero attached hydrogens (tertiary/aromatic N) is 2. The van der Waals surface area contributed by atoms with Crippen LogP contribution in [-0.4, -0.2) is 20.6 Å². The van der Waals surface area contributed by atoms with E-state index in [4.69, 9.17) is 5.11 Å². The van der Waals surface area contributed by atoms with Gasteiger partial charge in [0, 0.05) is 0 Å². The second kappa shape index (κ2) is 2.83. The third kappa shape index (κ3) is 1.57. The van der Waals surface area contributed by atoms with Crippen molar-refractivity contribution in [3.63, 3.8) is 0 Å². The van der Waals surface area contributed by atoms with Gasteiger partial charge in [-0.05, 0) is 15.9 Å². The molecule has 1 aromatic heterocycles. The molecule has 54 valence electrons. The van der Waals surface area contributed by atoms with Crippen LogP contribution in [0.1, 0.15) is 0 Å². The molecule has 0 saturated carbocycles. The molecule has 0 atom stereocenters. The van der Waals surface area contributed by atoms with Crippen molar-refractivity contribution in [1.29, 1.82) is 0 Å². The van der Waals surface area contributed by atoms with E-state index < -0.39 is 5.97 Å². The molecule has 0 radical (unpaired) electrons. The molecular formula is C5H5BrN2O2. The summed E-state index contributed by atoms with van der Waals surface area (Å²) in [4.78, 5) is 13.9. The molecule has 0 spiro atoms. The van der Waals surface area contributed by atoms with E-state index in [-0.39, 0.29) is 6.54 Å². The summed E-state index contributed by atoms with van der Waals surface area (Å²) in [5.74, 6) is -0.876. The van der Waals surface area contributed by atoms with Gasteiger partial charge in [0.15, 0.2) is 0 Å². The van der Waals surface area contributed by atoms with Gasteiger partial charge in [0.25, 0.3) is 0 Å². The summed E-state index contributed by atoms with van der Waals surface area (Å²) in [6.07, 6.45) is 3.00. The average molecular weight is 205 g/mol. The minimum atomic E-state index is -0.876. The molecule has 1 aromatic rings. The van der Waals surface area contributed by atoms with Crippen LogP contribution in [0.3, 0.4) is 0 Å². The number of hydrogen-bond donors (Lipinski definition) is 1. The molecule has 0 fully saturated rings. The molecule has 0 bridgehead atoms. The SMILES string of the molecule is O=C(O)Cn1cncc1Br. The lowest BCUT2D eigenvalue weighted by Gasteiger charge is -1.96. The molecule has 1 N–H and O–H groups in total. The van der Waals surface area contributed by atoms with Crippen LogP contribution in [0.5, 0.6) is 0 Å². The van der Waals surface area contributed by atoms with E-state index in [0.29, 0.717) is 4.60 Å². The van der Waals surface area contributed by atoms with Crippen molar-refractivity contribution in [1.82, 2.24) is 9.55 Å². The van der Waals surface area contributed by atoms with E-state index in [2.05, 4.69) is 20.9 Å². The number of aromatic nitrogens is 2. The van der Waals surface area contributed by atoms with E-state index in [1.807, 2.05) is 0 Å². The summed E-state index contributed by atoms with van der Waals surface area (Å²) in [7, 11) is 0. The monoisotopic (exact) mass is 204 g/mol. The zero-order valence-electron chi connectivity index (χ0n) is 4.99. The van der Waals surface area contributed by atoms with Crippen LogP contribution in [0.4, 0.5) is 0 Å².